The summed E-state index contributed by atoms with van der Waals surface area (Å²) in [5.74, 6) is -0.485. The summed E-state index contributed by atoms with van der Waals surface area (Å²) in [6, 6.07) is 12.8. The van der Waals surface area contributed by atoms with Gasteiger partial charge in [0.1, 0.15) is 0 Å². The van der Waals surface area contributed by atoms with Gasteiger partial charge in [0.15, 0.2) is 5.69 Å². The van der Waals surface area contributed by atoms with Crippen LogP contribution in [0.1, 0.15) is 48.1 Å². The molecule has 2 N–H and O–H groups in total. The fraction of sp³-hybridized carbons (Fsp3) is 0.238. The fourth-order valence-corrected chi connectivity index (χ4v) is 2.98. The first-order chi connectivity index (χ1) is 14.8. The molecule has 0 spiro atoms. The smallest absolute Gasteiger partial charge is 0.274 e. The number of nitro benzene ring substituents is 1. The summed E-state index contributed by atoms with van der Waals surface area (Å²) in [6.07, 6.45) is 0.393. The summed E-state index contributed by atoms with van der Waals surface area (Å²) in [5, 5.41) is 24.6. The highest BCUT2D eigenvalue weighted by atomic mass is 16.6. The highest BCUT2D eigenvalue weighted by Gasteiger charge is 2.20. The van der Waals surface area contributed by atoms with E-state index in [0.717, 1.165) is 5.56 Å². The van der Waals surface area contributed by atoms with Crippen LogP contribution < -0.4 is 10.6 Å². The van der Waals surface area contributed by atoms with E-state index in [1.807, 2.05) is 19.1 Å². The normalized spacial score (nSPS) is 11.6. The predicted molar refractivity (Wildman–Crippen MR) is 114 cm³/mol. The van der Waals surface area contributed by atoms with E-state index in [9.17, 15) is 19.7 Å². The van der Waals surface area contributed by atoms with Gasteiger partial charge in [-0.3, -0.25) is 19.7 Å². The van der Waals surface area contributed by atoms with E-state index in [1.165, 1.54) is 16.8 Å². The van der Waals surface area contributed by atoms with Crippen LogP contribution in [0.15, 0.2) is 48.5 Å². The predicted octanol–water partition coefficient (Wildman–Crippen LogP) is 3.32. The SMILES string of the molecule is CCC(=O)Nc1ccc(C(C)NC(=O)c2nnn(-c3cccc([N+](=O)[O-])c3)c2C)cc1. The lowest BCUT2D eigenvalue weighted by Crippen LogP contribution is -2.27. The first-order valence-electron chi connectivity index (χ1n) is 9.68. The molecule has 1 atom stereocenters. The van der Waals surface area contributed by atoms with Crippen LogP contribution in [0.4, 0.5) is 11.4 Å². The monoisotopic (exact) mass is 422 g/mol. The molecule has 1 heterocycles. The molecule has 3 aromatic rings. The van der Waals surface area contributed by atoms with Crippen molar-refractivity contribution in [3.63, 3.8) is 0 Å². The molecular weight excluding hydrogens is 400 g/mol. The topological polar surface area (TPSA) is 132 Å². The molecule has 3 rings (SSSR count). The molecule has 31 heavy (non-hydrogen) atoms. The molecule has 10 heteroatoms. The maximum atomic E-state index is 12.7. The van der Waals surface area contributed by atoms with Crippen molar-refractivity contribution in [3.05, 3.63) is 75.6 Å². The molecule has 1 unspecified atom stereocenters. The maximum Gasteiger partial charge on any atom is 0.274 e. The number of benzene rings is 2. The Labute approximate surface area is 178 Å². The highest BCUT2D eigenvalue weighted by Crippen LogP contribution is 2.20. The van der Waals surface area contributed by atoms with E-state index in [4.69, 9.17) is 0 Å². The van der Waals surface area contributed by atoms with Crippen LogP contribution in [0.3, 0.4) is 0 Å². The molecule has 2 aromatic carbocycles. The third kappa shape index (κ3) is 4.92. The Morgan fingerprint density at radius 3 is 2.55 bits per heavy atom. The second kappa shape index (κ2) is 9.16. The minimum atomic E-state index is -0.496. The molecule has 0 aliphatic heterocycles. The van der Waals surface area contributed by atoms with Gasteiger partial charge in [-0.2, -0.15) is 0 Å². The summed E-state index contributed by atoms with van der Waals surface area (Å²) in [7, 11) is 0. The van der Waals surface area contributed by atoms with Crippen molar-refractivity contribution in [2.24, 2.45) is 0 Å². The number of nitrogens with zero attached hydrogens (tertiary/aromatic N) is 4. The molecule has 0 saturated heterocycles. The molecule has 0 radical (unpaired) electrons. The summed E-state index contributed by atoms with van der Waals surface area (Å²) in [4.78, 5) is 34.7. The van der Waals surface area contributed by atoms with Gasteiger partial charge < -0.3 is 10.6 Å². The fourth-order valence-electron chi connectivity index (χ4n) is 2.98. The second-order valence-corrected chi connectivity index (χ2v) is 6.93. The lowest BCUT2D eigenvalue weighted by atomic mass is 10.1. The zero-order valence-corrected chi connectivity index (χ0v) is 17.3. The van der Waals surface area contributed by atoms with Crippen molar-refractivity contribution in [1.82, 2.24) is 20.3 Å². The van der Waals surface area contributed by atoms with E-state index >= 15 is 0 Å². The van der Waals surface area contributed by atoms with Crippen LogP contribution in [0.5, 0.6) is 0 Å². The van der Waals surface area contributed by atoms with Crippen LogP contribution in [-0.2, 0) is 4.79 Å². The van der Waals surface area contributed by atoms with Crippen molar-refractivity contribution in [2.45, 2.75) is 33.2 Å². The van der Waals surface area contributed by atoms with Crippen LogP contribution >= 0.6 is 0 Å². The van der Waals surface area contributed by atoms with E-state index in [0.29, 0.717) is 23.5 Å². The molecular formula is C21H22N6O4. The highest BCUT2D eigenvalue weighted by molar-refractivity contribution is 5.93. The van der Waals surface area contributed by atoms with Gasteiger partial charge in [-0.1, -0.05) is 30.3 Å². The summed E-state index contributed by atoms with van der Waals surface area (Å²) >= 11 is 0. The number of carbonyl (C=O) groups excluding carboxylic acids is 2. The van der Waals surface area contributed by atoms with Crippen LogP contribution in [0.2, 0.25) is 0 Å². The Balaban J connectivity index is 1.73. The molecule has 0 aliphatic rings. The summed E-state index contributed by atoms with van der Waals surface area (Å²) in [5.41, 5.74) is 2.49. The zero-order chi connectivity index (χ0) is 22.5. The Hall–Kier alpha value is -4.08. The van der Waals surface area contributed by atoms with Gasteiger partial charge in [-0.15, -0.1) is 5.10 Å². The van der Waals surface area contributed by atoms with Crippen molar-refractivity contribution < 1.29 is 14.5 Å². The van der Waals surface area contributed by atoms with Gasteiger partial charge in [0.25, 0.3) is 11.6 Å². The largest absolute Gasteiger partial charge is 0.344 e. The van der Waals surface area contributed by atoms with Crippen molar-refractivity contribution in [3.8, 4) is 5.69 Å². The van der Waals surface area contributed by atoms with Crippen molar-refractivity contribution in [2.75, 3.05) is 5.32 Å². The Morgan fingerprint density at radius 2 is 1.90 bits per heavy atom. The quantitative estimate of drug-likeness (QED) is 0.443. The average molecular weight is 422 g/mol. The third-order valence-electron chi connectivity index (χ3n) is 4.76. The molecule has 10 nitrogen and oxygen atoms in total. The number of nitro groups is 1. The molecule has 0 saturated carbocycles. The van der Waals surface area contributed by atoms with Crippen molar-refractivity contribution >= 4 is 23.2 Å². The summed E-state index contributed by atoms with van der Waals surface area (Å²) < 4.78 is 1.39. The number of carbonyl (C=O) groups is 2. The number of rotatable bonds is 7. The first-order valence-corrected chi connectivity index (χ1v) is 9.68. The summed E-state index contributed by atoms with van der Waals surface area (Å²) in [6.45, 7) is 5.28. The van der Waals surface area contributed by atoms with E-state index in [-0.39, 0.29) is 23.3 Å². The molecule has 2 amide bonds. The Kier molecular flexibility index (Phi) is 6.39. The first kappa shape index (κ1) is 21.6. The molecule has 1 aromatic heterocycles. The number of nitrogens with one attached hydrogen (secondary N) is 2. The number of hydrogen-bond acceptors (Lipinski definition) is 6. The van der Waals surface area contributed by atoms with Gasteiger partial charge >= 0.3 is 0 Å². The van der Waals surface area contributed by atoms with E-state index in [1.54, 1.807) is 38.1 Å². The standard InChI is InChI=1S/C21H22N6O4/c1-4-19(28)23-16-10-8-15(9-11-16)13(2)22-21(29)20-14(3)26(25-24-20)17-6-5-7-18(12-17)27(30)31/h5-13H,4H2,1-3H3,(H,22,29)(H,23,28). The second-order valence-electron chi connectivity index (χ2n) is 6.93. The van der Waals surface area contributed by atoms with Crippen molar-refractivity contribution in [1.29, 1.82) is 0 Å². The molecule has 160 valence electrons. The number of amides is 2. The van der Waals surface area contributed by atoms with Gasteiger partial charge in [0.2, 0.25) is 5.91 Å². The van der Waals surface area contributed by atoms with E-state index in [2.05, 4.69) is 20.9 Å². The lowest BCUT2D eigenvalue weighted by Gasteiger charge is -2.14. The molecule has 0 aliphatic carbocycles. The lowest BCUT2D eigenvalue weighted by molar-refractivity contribution is -0.384. The number of hydrogen-bond donors (Lipinski definition) is 2. The van der Waals surface area contributed by atoms with Gasteiger partial charge in [0.05, 0.1) is 22.3 Å². The average Bonchev–Trinajstić information content (AvgIpc) is 3.15. The van der Waals surface area contributed by atoms with E-state index < -0.39 is 10.8 Å². The van der Waals surface area contributed by atoms with Crippen LogP contribution in [-0.4, -0.2) is 31.7 Å². The van der Waals surface area contributed by atoms with Crippen LogP contribution in [0.25, 0.3) is 5.69 Å². The van der Waals surface area contributed by atoms with Gasteiger partial charge in [-0.05, 0) is 37.6 Å². The minimum Gasteiger partial charge on any atom is -0.344 e. The number of aromatic nitrogens is 3. The van der Waals surface area contributed by atoms with Gasteiger partial charge in [0, 0.05) is 24.2 Å². The minimum absolute atomic E-state index is 0.0728. The maximum absolute atomic E-state index is 12.7. The Bertz CT molecular complexity index is 1120. The zero-order valence-electron chi connectivity index (χ0n) is 17.3. The number of anilines is 1. The molecule has 0 fully saturated rings. The number of non-ortho nitro benzene ring substituents is 1. The third-order valence-corrected chi connectivity index (χ3v) is 4.76. The van der Waals surface area contributed by atoms with Gasteiger partial charge in [-0.25, -0.2) is 4.68 Å². The Morgan fingerprint density at radius 1 is 1.19 bits per heavy atom. The molecule has 0 bridgehead atoms. The van der Waals surface area contributed by atoms with Crippen LogP contribution in [0, 0.1) is 17.0 Å².